The third kappa shape index (κ3) is 5.42. The molecule has 0 amide bonds. The van der Waals surface area contributed by atoms with Gasteiger partial charge in [-0.05, 0) is 55.4 Å². The van der Waals surface area contributed by atoms with Gasteiger partial charge in [0.15, 0.2) is 0 Å². The molecule has 1 atom stereocenters. The van der Waals surface area contributed by atoms with Gasteiger partial charge in [0.05, 0.1) is 6.61 Å². The van der Waals surface area contributed by atoms with Gasteiger partial charge in [0.2, 0.25) is 0 Å². The van der Waals surface area contributed by atoms with Gasteiger partial charge in [0.25, 0.3) is 0 Å². The van der Waals surface area contributed by atoms with E-state index in [0.29, 0.717) is 5.92 Å². The van der Waals surface area contributed by atoms with Crippen molar-refractivity contribution in [1.29, 1.82) is 0 Å². The molecule has 0 saturated heterocycles. The van der Waals surface area contributed by atoms with Crippen LogP contribution in [0.1, 0.15) is 56.7 Å². The van der Waals surface area contributed by atoms with E-state index in [0.717, 1.165) is 25.2 Å². The van der Waals surface area contributed by atoms with Crippen molar-refractivity contribution in [3.63, 3.8) is 0 Å². The molecule has 0 aliphatic carbocycles. The van der Waals surface area contributed by atoms with Crippen molar-refractivity contribution >= 4 is 12.4 Å². The summed E-state index contributed by atoms with van der Waals surface area (Å²) in [5.41, 5.74) is 9.88. The summed E-state index contributed by atoms with van der Waals surface area (Å²) >= 11 is 0. The van der Waals surface area contributed by atoms with E-state index in [1.54, 1.807) is 0 Å². The second kappa shape index (κ2) is 8.44. The van der Waals surface area contributed by atoms with Crippen LogP contribution in [0.2, 0.25) is 0 Å². The van der Waals surface area contributed by atoms with E-state index in [2.05, 4.69) is 39.8 Å². The summed E-state index contributed by atoms with van der Waals surface area (Å²) in [6.45, 7) is 11.5. The first kappa shape index (κ1) is 18.3. The molecule has 19 heavy (non-hydrogen) atoms. The van der Waals surface area contributed by atoms with Crippen molar-refractivity contribution < 1.29 is 4.74 Å². The Morgan fingerprint density at radius 3 is 2.32 bits per heavy atom. The number of aryl methyl sites for hydroxylation is 1. The molecule has 0 bridgehead atoms. The average molecular weight is 286 g/mol. The van der Waals surface area contributed by atoms with Gasteiger partial charge in [-0.15, -0.1) is 12.4 Å². The molecule has 3 heteroatoms. The highest BCUT2D eigenvalue weighted by molar-refractivity contribution is 5.85. The number of hydrogen-bond acceptors (Lipinski definition) is 2. The normalized spacial score (nSPS) is 12.2. The maximum absolute atomic E-state index is 5.93. The largest absolute Gasteiger partial charge is 0.493 e. The van der Waals surface area contributed by atoms with E-state index >= 15 is 0 Å². The number of ether oxygens (including phenoxy) is 1. The van der Waals surface area contributed by atoms with Crippen LogP contribution >= 0.6 is 12.4 Å². The quantitative estimate of drug-likeness (QED) is 0.849. The Labute approximate surface area is 124 Å². The molecule has 0 saturated carbocycles. The summed E-state index contributed by atoms with van der Waals surface area (Å²) in [4.78, 5) is 0. The Morgan fingerprint density at radius 1 is 1.21 bits per heavy atom. The van der Waals surface area contributed by atoms with Gasteiger partial charge in [0.1, 0.15) is 5.75 Å². The van der Waals surface area contributed by atoms with Crippen molar-refractivity contribution in [2.24, 2.45) is 5.73 Å². The number of rotatable bonds is 6. The Bertz CT molecular complexity index is 389. The fraction of sp³-hybridized carbons (Fsp3) is 0.625. The van der Waals surface area contributed by atoms with Gasteiger partial charge in [-0.3, -0.25) is 0 Å². The van der Waals surface area contributed by atoms with Crippen LogP contribution in [0, 0.1) is 6.92 Å². The highest BCUT2D eigenvalue weighted by Gasteiger charge is 2.12. The van der Waals surface area contributed by atoms with Crippen LogP contribution in [0.25, 0.3) is 0 Å². The molecule has 0 aromatic heterocycles. The summed E-state index contributed by atoms with van der Waals surface area (Å²) < 4.78 is 5.85. The molecule has 1 aromatic carbocycles. The molecule has 0 heterocycles. The second-order valence-electron chi connectivity index (χ2n) is 5.50. The smallest absolute Gasteiger partial charge is 0.122 e. The number of benzene rings is 1. The second-order valence-corrected chi connectivity index (χ2v) is 5.50. The minimum absolute atomic E-state index is 0. The molecule has 0 radical (unpaired) electrons. The molecule has 2 N–H and O–H groups in total. The SMILES string of the molecule is CCCOc1cc(C)c(C(C)C)cc1CC(C)N.Cl. The molecule has 0 fully saturated rings. The predicted octanol–water partition coefficient (Wildman–Crippen LogP) is 4.22. The maximum Gasteiger partial charge on any atom is 0.122 e. The van der Waals surface area contributed by atoms with Gasteiger partial charge >= 0.3 is 0 Å². The van der Waals surface area contributed by atoms with E-state index in [1.165, 1.54) is 16.7 Å². The van der Waals surface area contributed by atoms with Crippen molar-refractivity contribution in [2.75, 3.05) is 6.61 Å². The lowest BCUT2D eigenvalue weighted by atomic mass is 9.93. The zero-order valence-electron chi connectivity index (χ0n) is 12.8. The van der Waals surface area contributed by atoms with Crippen LogP contribution in [0.15, 0.2) is 12.1 Å². The molecule has 1 rings (SSSR count). The monoisotopic (exact) mass is 285 g/mol. The minimum atomic E-state index is 0. The summed E-state index contributed by atoms with van der Waals surface area (Å²) in [5, 5.41) is 0. The zero-order valence-corrected chi connectivity index (χ0v) is 13.6. The topological polar surface area (TPSA) is 35.2 Å². The zero-order chi connectivity index (χ0) is 13.7. The highest BCUT2D eigenvalue weighted by Crippen LogP contribution is 2.29. The van der Waals surface area contributed by atoms with Gasteiger partial charge < -0.3 is 10.5 Å². The van der Waals surface area contributed by atoms with Crippen LogP contribution in [-0.4, -0.2) is 12.6 Å². The van der Waals surface area contributed by atoms with Gasteiger partial charge in [-0.25, -0.2) is 0 Å². The van der Waals surface area contributed by atoms with Crippen molar-refractivity contribution in [3.05, 3.63) is 28.8 Å². The van der Waals surface area contributed by atoms with Crippen LogP contribution in [0.4, 0.5) is 0 Å². The van der Waals surface area contributed by atoms with Crippen LogP contribution in [-0.2, 0) is 6.42 Å². The third-order valence-corrected chi connectivity index (χ3v) is 3.07. The minimum Gasteiger partial charge on any atom is -0.493 e. The van der Waals surface area contributed by atoms with Crippen molar-refractivity contribution in [2.45, 2.75) is 59.4 Å². The van der Waals surface area contributed by atoms with E-state index in [4.69, 9.17) is 10.5 Å². The maximum atomic E-state index is 5.93. The lowest BCUT2D eigenvalue weighted by Gasteiger charge is -2.18. The van der Waals surface area contributed by atoms with E-state index in [9.17, 15) is 0 Å². The molecular weight excluding hydrogens is 258 g/mol. The van der Waals surface area contributed by atoms with Crippen LogP contribution in [0.3, 0.4) is 0 Å². The average Bonchev–Trinajstić information content (AvgIpc) is 2.28. The fourth-order valence-electron chi connectivity index (χ4n) is 2.22. The molecule has 0 spiro atoms. The Morgan fingerprint density at radius 2 is 1.84 bits per heavy atom. The van der Waals surface area contributed by atoms with Crippen molar-refractivity contribution in [1.82, 2.24) is 0 Å². The highest BCUT2D eigenvalue weighted by atomic mass is 35.5. The number of nitrogens with two attached hydrogens (primary N) is 1. The first-order valence-electron chi connectivity index (χ1n) is 6.97. The van der Waals surface area contributed by atoms with Gasteiger partial charge in [-0.2, -0.15) is 0 Å². The molecular formula is C16H28ClNO. The van der Waals surface area contributed by atoms with Crippen LogP contribution in [0.5, 0.6) is 5.75 Å². The molecule has 2 nitrogen and oxygen atoms in total. The van der Waals surface area contributed by atoms with E-state index in [1.807, 2.05) is 6.92 Å². The molecule has 0 aliphatic rings. The number of hydrogen-bond donors (Lipinski definition) is 1. The Hall–Kier alpha value is -0.730. The van der Waals surface area contributed by atoms with Crippen molar-refractivity contribution in [3.8, 4) is 5.75 Å². The molecule has 0 aliphatic heterocycles. The fourth-order valence-corrected chi connectivity index (χ4v) is 2.22. The summed E-state index contributed by atoms with van der Waals surface area (Å²) in [5.74, 6) is 1.55. The first-order chi connectivity index (χ1) is 8.45. The molecule has 110 valence electrons. The Balaban J connectivity index is 0.00000324. The Kier molecular flexibility index (Phi) is 8.12. The van der Waals surface area contributed by atoms with E-state index in [-0.39, 0.29) is 18.4 Å². The number of halogens is 1. The lowest BCUT2D eigenvalue weighted by molar-refractivity contribution is 0.313. The van der Waals surface area contributed by atoms with Gasteiger partial charge in [-0.1, -0.05) is 26.8 Å². The van der Waals surface area contributed by atoms with Crippen LogP contribution < -0.4 is 10.5 Å². The summed E-state index contributed by atoms with van der Waals surface area (Å²) in [6.07, 6.45) is 1.90. The van der Waals surface area contributed by atoms with E-state index < -0.39 is 0 Å². The summed E-state index contributed by atoms with van der Waals surface area (Å²) in [6, 6.07) is 4.61. The molecule has 1 unspecified atom stereocenters. The summed E-state index contributed by atoms with van der Waals surface area (Å²) in [7, 11) is 0. The standard InChI is InChI=1S/C16H27NO.ClH/c1-6-7-18-16-8-12(4)15(11(2)3)10-14(16)9-13(5)17;/h8,10-11,13H,6-7,9,17H2,1-5H3;1H. The molecule has 1 aromatic rings. The predicted molar refractivity (Wildman–Crippen MR) is 85.7 cm³/mol. The first-order valence-corrected chi connectivity index (χ1v) is 6.97. The lowest BCUT2D eigenvalue weighted by Crippen LogP contribution is -2.18. The van der Waals surface area contributed by atoms with Gasteiger partial charge in [0, 0.05) is 6.04 Å². The third-order valence-electron chi connectivity index (χ3n) is 3.07.